The number of ether oxygens (including phenoxy) is 1. The second kappa shape index (κ2) is 9.96. The zero-order valence-electron chi connectivity index (χ0n) is 20.4. The zero-order valence-corrected chi connectivity index (χ0v) is 22.0. The average Bonchev–Trinajstić information content (AvgIpc) is 3.50. The monoisotopic (exact) mass is 539 g/mol. The van der Waals surface area contributed by atoms with Gasteiger partial charge in [-0.15, -0.1) is 0 Å². The van der Waals surface area contributed by atoms with E-state index in [4.69, 9.17) is 21.7 Å². The maximum absolute atomic E-state index is 13.0. The molecule has 1 amide bonds. The fraction of sp³-hybridized carbons (Fsp3) is 0.103. The van der Waals surface area contributed by atoms with E-state index >= 15 is 0 Å². The topological polar surface area (TPSA) is 83.0 Å². The average molecular weight is 540 g/mol. The lowest BCUT2D eigenvalue weighted by Gasteiger charge is -2.20. The van der Waals surface area contributed by atoms with Gasteiger partial charge in [0.15, 0.2) is 5.84 Å². The summed E-state index contributed by atoms with van der Waals surface area (Å²) < 4.78 is 8.11. The van der Waals surface area contributed by atoms with Gasteiger partial charge in [-0.05, 0) is 48.5 Å². The molecule has 2 aliphatic heterocycles. The molecule has 0 fully saturated rings. The number of aryl methyl sites for hydroxylation is 1. The molecule has 0 radical (unpaired) electrons. The summed E-state index contributed by atoms with van der Waals surface area (Å²) in [6.45, 7) is 3.14. The predicted molar refractivity (Wildman–Crippen MR) is 154 cm³/mol. The number of nitrogens with zero attached hydrogens (tertiary/aromatic N) is 4. The molecule has 0 atom stereocenters. The molecule has 38 heavy (non-hydrogen) atoms. The number of hydrogen-bond donors (Lipinski definition) is 1. The van der Waals surface area contributed by atoms with E-state index in [-0.39, 0.29) is 11.4 Å². The third-order valence-electron chi connectivity index (χ3n) is 6.36. The molecule has 0 aliphatic carbocycles. The molecule has 1 aromatic heterocycles. The molecule has 0 unspecified atom stereocenters. The van der Waals surface area contributed by atoms with Crippen LogP contribution in [0.2, 0.25) is 5.02 Å². The van der Waals surface area contributed by atoms with Gasteiger partial charge in [-0.25, -0.2) is 0 Å². The van der Waals surface area contributed by atoms with Gasteiger partial charge >= 0.3 is 0 Å². The Balaban J connectivity index is 1.29. The summed E-state index contributed by atoms with van der Waals surface area (Å²) in [5.74, 6) is 0.375. The third-order valence-corrected chi connectivity index (χ3v) is 7.63. The summed E-state index contributed by atoms with van der Waals surface area (Å²) in [5, 5.41) is 17.2. The number of fused-ring (bicyclic) bond motifs is 2. The molecule has 0 bridgehead atoms. The summed E-state index contributed by atoms with van der Waals surface area (Å²) in [7, 11) is 0. The second-order valence-electron chi connectivity index (χ2n) is 8.81. The molecule has 0 saturated heterocycles. The van der Waals surface area contributed by atoms with Crippen LogP contribution in [0.5, 0.6) is 5.75 Å². The van der Waals surface area contributed by atoms with Crippen molar-refractivity contribution in [1.82, 2.24) is 9.58 Å². The lowest BCUT2D eigenvalue weighted by atomic mass is 10.1. The molecule has 3 aromatic carbocycles. The molecular formula is C29H22ClN5O2S. The number of benzene rings is 3. The number of carbonyl (C=O) groups excluding carboxylic acids is 1. The van der Waals surface area contributed by atoms with Gasteiger partial charge in [0, 0.05) is 28.2 Å². The normalized spacial score (nSPS) is 16.2. The Morgan fingerprint density at radius 3 is 2.66 bits per heavy atom. The summed E-state index contributed by atoms with van der Waals surface area (Å²) in [4.78, 5) is 17.3. The SMILES string of the molecule is Cc1ccccc1OCCn1cc(/C=C2/C(=N)N3N=C(c4ccccc4Cl)SC3=NC2=O)c2ccccc21. The summed E-state index contributed by atoms with van der Waals surface area (Å²) in [5.41, 5.74) is 3.84. The summed E-state index contributed by atoms with van der Waals surface area (Å²) in [6.07, 6.45) is 3.70. The fourth-order valence-corrected chi connectivity index (χ4v) is 5.65. The molecular weight excluding hydrogens is 518 g/mol. The molecule has 7 nitrogen and oxygen atoms in total. The standard InChI is InChI=1S/C29H22ClN5O2S/c1-18-8-2-7-13-25(18)37-15-14-34-17-19(20-9-4-6-12-24(20)34)16-22-26(31)35-29(32-27(22)36)38-28(33-35)21-10-3-5-11-23(21)30/h2-13,16-17,31H,14-15H2,1H3/b22-16-,31-26?. The fourth-order valence-electron chi connectivity index (χ4n) is 4.44. The van der Waals surface area contributed by atoms with Gasteiger partial charge in [0.1, 0.15) is 17.4 Å². The number of rotatable bonds is 6. The second-order valence-corrected chi connectivity index (χ2v) is 10.2. The van der Waals surface area contributed by atoms with Crippen LogP contribution in [0.3, 0.4) is 0 Å². The number of para-hydroxylation sites is 2. The Morgan fingerprint density at radius 1 is 1.05 bits per heavy atom. The first kappa shape index (κ1) is 24.2. The summed E-state index contributed by atoms with van der Waals surface area (Å²) >= 11 is 7.57. The van der Waals surface area contributed by atoms with E-state index in [9.17, 15) is 4.79 Å². The molecule has 3 heterocycles. The van der Waals surface area contributed by atoms with Crippen molar-refractivity contribution in [2.24, 2.45) is 10.1 Å². The van der Waals surface area contributed by atoms with Crippen molar-refractivity contribution in [3.05, 3.63) is 106 Å². The van der Waals surface area contributed by atoms with Gasteiger partial charge in [-0.1, -0.05) is 66.2 Å². The Bertz CT molecular complexity index is 1700. The van der Waals surface area contributed by atoms with Gasteiger partial charge in [0.2, 0.25) is 5.17 Å². The minimum Gasteiger partial charge on any atom is -0.491 e. The molecule has 9 heteroatoms. The van der Waals surface area contributed by atoms with Gasteiger partial charge in [0.25, 0.3) is 5.91 Å². The van der Waals surface area contributed by atoms with E-state index in [0.29, 0.717) is 28.4 Å². The van der Waals surface area contributed by atoms with E-state index in [0.717, 1.165) is 33.3 Å². The highest BCUT2D eigenvalue weighted by molar-refractivity contribution is 8.27. The smallest absolute Gasteiger partial charge is 0.283 e. The van der Waals surface area contributed by atoms with Crippen molar-refractivity contribution in [1.29, 1.82) is 5.41 Å². The molecule has 6 rings (SSSR count). The molecule has 4 aromatic rings. The van der Waals surface area contributed by atoms with E-state index in [1.807, 2.05) is 79.9 Å². The Hall–Kier alpha value is -4.14. The highest BCUT2D eigenvalue weighted by Gasteiger charge is 2.36. The van der Waals surface area contributed by atoms with Crippen molar-refractivity contribution in [3.8, 4) is 5.75 Å². The minimum absolute atomic E-state index is 0.0192. The Morgan fingerprint density at radius 2 is 1.82 bits per heavy atom. The van der Waals surface area contributed by atoms with Crippen LogP contribution >= 0.6 is 23.4 Å². The number of halogens is 1. The largest absolute Gasteiger partial charge is 0.491 e. The summed E-state index contributed by atoms with van der Waals surface area (Å²) in [6, 6.07) is 23.3. The van der Waals surface area contributed by atoms with Gasteiger partial charge in [-0.2, -0.15) is 15.1 Å². The predicted octanol–water partition coefficient (Wildman–Crippen LogP) is 6.35. The highest BCUT2D eigenvalue weighted by Crippen LogP contribution is 2.34. The number of aliphatic imine (C=N–C) groups is 1. The van der Waals surface area contributed by atoms with Crippen LogP contribution in [0.25, 0.3) is 17.0 Å². The Labute approximate surface area is 228 Å². The number of amidine groups is 2. The van der Waals surface area contributed by atoms with E-state index in [1.54, 1.807) is 12.1 Å². The number of thioether (sulfide) groups is 1. The number of nitrogens with one attached hydrogen (secondary N) is 1. The zero-order chi connectivity index (χ0) is 26.2. The third kappa shape index (κ3) is 4.42. The molecule has 0 spiro atoms. The number of carbonyl (C=O) groups is 1. The minimum atomic E-state index is -0.468. The molecule has 2 aliphatic rings. The highest BCUT2D eigenvalue weighted by atomic mass is 35.5. The van der Waals surface area contributed by atoms with Crippen molar-refractivity contribution < 1.29 is 9.53 Å². The molecule has 188 valence electrons. The van der Waals surface area contributed by atoms with Crippen molar-refractivity contribution in [2.45, 2.75) is 13.5 Å². The Kier molecular flexibility index (Phi) is 6.35. The van der Waals surface area contributed by atoms with Gasteiger partial charge in [0.05, 0.1) is 17.1 Å². The number of amides is 1. The molecule has 0 saturated carbocycles. The van der Waals surface area contributed by atoms with Crippen LogP contribution in [-0.2, 0) is 11.3 Å². The molecule has 1 N–H and O–H groups in total. The first-order chi connectivity index (χ1) is 18.5. The van der Waals surface area contributed by atoms with Crippen molar-refractivity contribution >= 4 is 62.3 Å². The maximum Gasteiger partial charge on any atom is 0.283 e. The van der Waals surface area contributed by atoms with E-state index in [2.05, 4.69) is 14.7 Å². The van der Waals surface area contributed by atoms with Crippen molar-refractivity contribution in [2.75, 3.05) is 6.61 Å². The van der Waals surface area contributed by atoms with Crippen LogP contribution in [0, 0.1) is 12.3 Å². The lowest BCUT2D eigenvalue weighted by molar-refractivity contribution is -0.114. The quantitative estimate of drug-likeness (QED) is 0.289. The van der Waals surface area contributed by atoms with Crippen LogP contribution in [0.15, 0.2) is 94.7 Å². The first-order valence-electron chi connectivity index (χ1n) is 12.0. The van der Waals surface area contributed by atoms with E-state index < -0.39 is 5.91 Å². The number of aromatic nitrogens is 1. The number of hydrogen-bond acceptors (Lipinski definition) is 5. The van der Waals surface area contributed by atoms with Gasteiger partial charge in [-0.3, -0.25) is 10.2 Å². The number of hydrazone groups is 1. The van der Waals surface area contributed by atoms with E-state index in [1.165, 1.54) is 16.8 Å². The van der Waals surface area contributed by atoms with Crippen LogP contribution in [0.1, 0.15) is 16.7 Å². The first-order valence-corrected chi connectivity index (χ1v) is 13.2. The van der Waals surface area contributed by atoms with Crippen LogP contribution in [-0.4, -0.2) is 38.1 Å². The van der Waals surface area contributed by atoms with Crippen LogP contribution in [0.4, 0.5) is 0 Å². The maximum atomic E-state index is 13.0. The lowest BCUT2D eigenvalue weighted by Crippen LogP contribution is -2.35. The van der Waals surface area contributed by atoms with Crippen molar-refractivity contribution in [3.63, 3.8) is 0 Å². The van der Waals surface area contributed by atoms with Gasteiger partial charge < -0.3 is 9.30 Å². The van der Waals surface area contributed by atoms with Crippen LogP contribution < -0.4 is 4.74 Å².